The first kappa shape index (κ1) is 38.1. The lowest BCUT2D eigenvalue weighted by Gasteiger charge is -2.49. The second-order valence-corrected chi connectivity index (χ2v) is 11.8. The lowest BCUT2D eigenvalue weighted by atomic mass is 10.00. The first-order valence-corrected chi connectivity index (χ1v) is 16.3. The third-order valence-electron chi connectivity index (χ3n) is 8.78. The number of rotatable bonds is 28. The number of carboxylic acid groups (broad SMARTS) is 3. The van der Waals surface area contributed by atoms with E-state index in [1.165, 1.54) is 111 Å². The van der Waals surface area contributed by atoms with Crippen LogP contribution in [0.15, 0.2) is 12.2 Å². The maximum Gasteiger partial charge on any atom is 0.362 e. The van der Waals surface area contributed by atoms with E-state index >= 15 is 0 Å². The van der Waals surface area contributed by atoms with Gasteiger partial charge in [0.1, 0.15) is 6.04 Å². The van der Waals surface area contributed by atoms with Gasteiger partial charge in [-0.1, -0.05) is 109 Å². The smallest absolute Gasteiger partial charge is 0.362 e. The molecular weight excluding hydrogens is 506 g/mol. The number of quaternary nitrogens is 1. The zero-order valence-electron chi connectivity index (χ0n) is 26.2. The Hall–Kier alpha value is -1.89. The van der Waals surface area contributed by atoms with Crippen LogP contribution in [0, 0.1) is 0 Å². The van der Waals surface area contributed by atoms with Crippen molar-refractivity contribution in [2.45, 2.75) is 174 Å². The largest absolute Gasteiger partial charge is 0.544 e. The van der Waals surface area contributed by atoms with Crippen molar-refractivity contribution in [2.75, 3.05) is 6.54 Å². The Morgan fingerprint density at radius 1 is 0.575 bits per heavy atom. The molecule has 0 saturated carbocycles. The van der Waals surface area contributed by atoms with Crippen LogP contribution in [0.5, 0.6) is 0 Å². The van der Waals surface area contributed by atoms with Crippen LogP contribution in [0.3, 0.4) is 0 Å². The summed E-state index contributed by atoms with van der Waals surface area (Å²) < 4.78 is -0.542. The molecule has 7 heteroatoms. The molecule has 0 aromatic rings. The minimum Gasteiger partial charge on any atom is -0.544 e. The van der Waals surface area contributed by atoms with Crippen molar-refractivity contribution in [3.05, 3.63) is 12.2 Å². The molecule has 0 heterocycles. The molecule has 40 heavy (non-hydrogen) atoms. The number of hydrogen-bond acceptors (Lipinski definition) is 4. The van der Waals surface area contributed by atoms with Crippen LogP contribution < -0.4 is 5.11 Å². The van der Waals surface area contributed by atoms with Crippen LogP contribution in [0.4, 0.5) is 0 Å². The van der Waals surface area contributed by atoms with E-state index in [9.17, 15) is 29.7 Å². The van der Waals surface area contributed by atoms with Gasteiger partial charge in [0.2, 0.25) is 0 Å². The summed E-state index contributed by atoms with van der Waals surface area (Å²) >= 11 is 0. The highest BCUT2D eigenvalue weighted by molar-refractivity contribution is 5.76. The van der Waals surface area contributed by atoms with Gasteiger partial charge in [-0.2, -0.15) is 0 Å². The van der Waals surface area contributed by atoms with Crippen molar-refractivity contribution in [3.8, 4) is 0 Å². The Morgan fingerprint density at radius 2 is 0.900 bits per heavy atom. The van der Waals surface area contributed by atoms with Crippen LogP contribution in [0.25, 0.3) is 0 Å². The summed E-state index contributed by atoms with van der Waals surface area (Å²) in [7, 11) is 0. The Balaban J connectivity index is 4.01. The quantitative estimate of drug-likeness (QED) is 0.0584. The highest BCUT2D eigenvalue weighted by Crippen LogP contribution is 2.27. The number of unbranched alkanes of at least 4 members (excludes halogenated alkanes) is 18. The SMILES string of the molecule is CCCCCCCCCCCC/C=C/CCCCCCCCCC[N+](C(C)C(=O)[O-])(C(C)C(=O)O)C(C)C(=O)O. The molecule has 0 saturated heterocycles. The summed E-state index contributed by atoms with van der Waals surface area (Å²) in [4.78, 5) is 35.3. The molecule has 0 aliphatic heterocycles. The second kappa shape index (κ2) is 23.8. The highest BCUT2D eigenvalue weighted by atomic mass is 16.4. The lowest BCUT2D eigenvalue weighted by Crippen LogP contribution is -2.72. The van der Waals surface area contributed by atoms with E-state index < -0.39 is 40.5 Å². The van der Waals surface area contributed by atoms with E-state index in [0.29, 0.717) is 6.42 Å². The van der Waals surface area contributed by atoms with E-state index in [2.05, 4.69) is 19.1 Å². The predicted octanol–water partition coefficient (Wildman–Crippen LogP) is 7.27. The Morgan fingerprint density at radius 3 is 1.23 bits per heavy atom. The van der Waals surface area contributed by atoms with Crippen molar-refractivity contribution >= 4 is 17.9 Å². The molecule has 0 amide bonds. The lowest BCUT2D eigenvalue weighted by molar-refractivity contribution is -0.969. The average molecular weight is 568 g/mol. The van der Waals surface area contributed by atoms with E-state index in [-0.39, 0.29) is 6.54 Å². The number of hydrogen-bond donors (Lipinski definition) is 2. The van der Waals surface area contributed by atoms with Crippen molar-refractivity contribution in [3.63, 3.8) is 0 Å². The van der Waals surface area contributed by atoms with Crippen LogP contribution in [0.2, 0.25) is 0 Å². The fraction of sp³-hybridized carbons (Fsp3) is 0.848. The molecule has 0 spiro atoms. The molecule has 0 fully saturated rings. The molecule has 2 N–H and O–H groups in total. The molecule has 3 atom stereocenters. The molecule has 0 radical (unpaired) electrons. The summed E-state index contributed by atoms with van der Waals surface area (Å²) in [5, 5.41) is 31.0. The third-order valence-corrected chi connectivity index (χ3v) is 8.78. The van der Waals surface area contributed by atoms with E-state index in [4.69, 9.17) is 0 Å². The molecule has 7 nitrogen and oxygen atoms in total. The Kier molecular flexibility index (Phi) is 22.7. The van der Waals surface area contributed by atoms with Crippen LogP contribution in [0.1, 0.15) is 156 Å². The first-order chi connectivity index (χ1) is 19.1. The molecule has 0 aromatic carbocycles. The van der Waals surface area contributed by atoms with Gasteiger partial charge in [-0.15, -0.1) is 0 Å². The van der Waals surface area contributed by atoms with Crippen LogP contribution in [-0.4, -0.2) is 57.3 Å². The summed E-state index contributed by atoms with van der Waals surface area (Å²) in [6.07, 6.45) is 29.0. The van der Waals surface area contributed by atoms with Crippen molar-refractivity contribution < 1.29 is 34.2 Å². The van der Waals surface area contributed by atoms with Crippen LogP contribution in [-0.2, 0) is 14.4 Å². The number of aliphatic carboxylic acids is 3. The number of carboxylic acids is 3. The van der Waals surface area contributed by atoms with Gasteiger partial charge in [0.25, 0.3) is 0 Å². The van der Waals surface area contributed by atoms with E-state index in [1.54, 1.807) is 0 Å². The standard InChI is InChI=1S/C33H61NO6/c1-5-6-7-8-9-10-11-12-13-14-15-16-17-18-19-20-21-22-23-24-25-26-27-34(28(2)31(35)36,29(3)32(37)38)30(4)33(39)40/h16-17,28-30H,5-15,18-27H2,1-4H3,(H2-,35,36,37,38,39,40)/b17-16+. The average Bonchev–Trinajstić information content (AvgIpc) is 2.92. The van der Waals surface area contributed by atoms with E-state index in [0.717, 1.165) is 32.1 Å². The normalized spacial score (nSPS) is 15.5. The number of carbonyl (C=O) groups excluding carboxylic acids is 1. The summed E-state index contributed by atoms with van der Waals surface area (Å²) in [5.74, 6) is -3.82. The maximum atomic E-state index is 11.8. The molecule has 0 rings (SSSR count). The van der Waals surface area contributed by atoms with Crippen molar-refractivity contribution in [1.82, 2.24) is 0 Å². The number of allylic oxidation sites excluding steroid dienone is 2. The van der Waals surface area contributed by atoms with Gasteiger partial charge in [-0.25, -0.2) is 9.59 Å². The minimum absolute atomic E-state index is 0.182. The molecule has 0 aliphatic rings. The molecule has 0 aliphatic carbocycles. The van der Waals surface area contributed by atoms with Crippen molar-refractivity contribution in [2.24, 2.45) is 0 Å². The third kappa shape index (κ3) is 15.8. The van der Waals surface area contributed by atoms with Gasteiger partial charge < -0.3 is 20.1 Å². The number of carbonyl (C=O) groups is 3. The van der Waals surface area contributed by atoms with Gasteiger partial charge in [0.15, 0.2) is 12.1 Å². The zero-order chi connectivity index (χ0) is 30.2. The topological polar surface area (TPSA) is 115 Å². The van der Waals surface area contributed by atoms with Crippen LogP contribution >= 0.6 is 0 Å². The monoisotopic (exact) mass is 567 g/mol. The maximum absolute atomic E-state index is 11.8. The Labute approximate surface area is 245 Å². The van der Waals surface area contributed by atoms with Crippen molar-refractivity contribution in [1.29, 1.82) is 0 Å². The summed E-state index contributed by atoms with van der Waals surface area (Å²) in [6, 6.07) is -3.56. The fourth-order valence-corrected chi connectivity index (χ4v) is 5.89. The van der Waals surface area contributed by atoms with Gasteiger partial charge in [0.05, 0.1) is 12.5 Å². The highest BCUT2D eigenvalue weighted by Gasteiger charge is 2.50. The van der Waals surface area contributed by atoms with Gasteiger partial charge in [-0.05, 0) is 59.3 Å². The number of nitrogens with zero attached hydrogens (tertiary/aromatic N) is 1. The molecule has 0 bridgehead atoms. The molecule has 234 valence electrons. The molecule has 0 aromatic heterocycles. The Bertz CT molecular complexity index is 657. The molecular formula is C33H61NO6. The summed E-state index contributed by atoms with van der Waals surface area (Å²) in [5.41, 5.74) is 0. The first-order valence-electron chi connectivity index (χ1n) is 16.3. The van der Waals surface area contributed by atoms with Gasteiger partial charge in [0, 0.05) is 0 Å². The fourth-order valence-electron chi connectivity index (χ4n) is 5.89. The second-order valence-electron chi connectivity index (χ2n) is 11.8. The predicted molar refractivity (Wildman–Crippen MR) is 161 cm³/mol. The zero-order valence-corrected chi connectivity index (χ0v) is 26.2. The van der Waals surface area contributed by atoms with Gasteiger partial charge >= 0.3 is 11.9 Å². The van der Waals surface area contributed by atoms with Gasteiger partial charge in [-0.3, -0.25) is 4.48 Å². The van der Waals surface area contributed by atoms with E-state index in [1.807, 2.05) is 0 Å². The summed E-state index contributed by atoms with van der Waals surface area (Å²) in [6.45, 7) is 6.61. The molecule has 3 unspecified atom stereocenters. The minimum atomic E-state index is -1.42.